The average Bonchev–Trinajstić information content (AvgIpc) is 1.84. The molecule has 0 saturated heterocycles. The summed E-state index contributed by atoms with van der Waals surface area (Å²) in [6, 6.07) is 0. The number of carbonyl (C=O) groups excluding carboxylic acids is 1. The molecule has 0 fully saturated rings. The highest BCUT2D eigenvalue weighted by molar-refractivity contribution is 7.95. The van der Waals surface area contributed by atoms with E-state index in [0.717, 1.165) is 0 Å². The van der Waals surface area contributed by atoms with Gasteiger partial charge in [-0.2, -0.15) is 0 Å². The summed E-state index contributed by atoms with van der Waals surface area (Å²) in [5.41, 5.74) is 0.267. The minimum Gasteiger partial charge on any atom is -0.461 e. The third-order valence-electron chi connectivity index (χ3n) is 0.984. The molecule has 0 aromatic carbocycles. The van der Waals surface area contributed by atoms with Crippen molar-refractivity contribution in [3.63, 3.8) is 0 Å². The molecular weight excluding hydrogens is 180 g/mol. The van der Waals surface area contributed by atoms with Crippen LogP contribution in [0.3, 0.4) is 0 Å². The Morgan fingerprint density at radius 3 is 2.50 bits per heavy atom. The molecule has 0 radical (unpaired) electrons. The molecule has 0 aliphatic carbocycles. The molecule has 1 atom stereocenters. The first-order valence-electron chi connectivity index (χ1n) is 3.23. The smallest absolute Gasteiger partial charge is 0.333 e. The molecule has 0 aliphatic rings. The summed E-state index contributed by atoms with van der Waals surface area (Å²) in [7, 11) is -3.05. The molecule has 0 aromatic heterocycles. The number of hydrogen-bond donors (Lipinski definition) is 1. The molecule has 0 saturated carbocycles. The highest BCUT2D eigenvalue weighted by Crippen LogP contribution is 1.92. The van der Waals surface area contributed by atoms with Gasteiger partial charge in [-0.1, -0.05) is 6.58 Å². The molecule has 0 amide bonds. The van der Waals surface area contributed by atoms with E-state index in [1.807, 2.05) is 0 Å². The molecule has 0 rings (SSSR count). The van der Waals surface area contributed by atoms with Gasteiger partial charge in [0.05, 0.1) is 15.6 Å². The van der Waals surface area contributed by atoms with Crippen LogP contribution in [0.1, 0.15) is 6.92 Å². The number of carbonyl (C=O) groups is 1. The van der Waals surface area contributed by atoms with Crippen LogP contribution in [0.25, 0.3) is 0 Å². The normalized spacial score (nSPS) is 14.8. The third kappa shape index (κ3) is 5.94. The van der Waals surface area contributed by atoms with Crippen molar-refractivity contribution in [3.05, 3.63) is 12.2 Å². The highest BCUT2D eigenvalue weighted by Gasteiger charge is 2.04. The Morgan fingerprint density at radius 1 is 1.67 bits per heavy atom. The maximum absolute atomic E-state index is 10.7. The zero-order valence-electron chi connectivity index (χ0n) is 6.91. The van der Waals surface area contributed by atoms with Gasteiger partial charge >= 0.3 is 5.97 Å². The standard InChI is InChI=1S/C7H12O4S/c1-6(2)7(8)11-4-5-12(3,9)10/h1,3-5H2,2H3,(H,9,10). The molecule has 70 valence electrons. The lowest BCUT2D eigenvalue weighted by Crippen LogP contribution is -2.14. The van der Waals surface area contributed by atoms with Gasteiger partial charge in [-0.15, -0.1) is 0 Å². The predicted octanol–water partition coefficient (Wildman–Crippen LogP) is 0.295. The van der Waals surface area contributed by atoms with Gasteiger partial charge in [0.25, 0.3) is 0 Å². The topological polar surface area (TPSA) is 63.6 Å². The molecule has 5 heteroatoms. The zero-order chi connectivity index (χ0) is 9.78. The Labute approximate surface area is 72.1 Å². The Hall–Kier alpha value is -0.810. The van der Waals surface area contributed by atoms with E-state index < -0.39 is 15.8 Å². The Kier molecular flexibility index (Phi) is 3.99. The number of rotatable bonds is 4. The summed E-state index contributed by atoms with van der Waals surface area (Å²) in [5, 5.41) is 0. The van der Waals surface area contributed by atoms with Crippen molar-refractivity contribution in [2.24, 2.45) is 0 Å². The summed E-state index contributed by atoms with van der Waals surface area (Å²) in [4.78, 5) is 10.7. The SMILES string of the molecule is C=C(C)C(=O)OCCS(=C)(=O)O. The summed E-state index contributed by atoms with van der Waals surface area (Å²) in [6.45, 7) is 4.74. The van der Waals surface area contributed by atoms with Crippen molar-refractivity contribution < 1.29 is 18.3 Å². The molecule has 1 N–H and O–H groups in total. The van der Waals surface area contributed by atoms with Crippen LogP contribution in [0.4, 0.5) is 0 Å². The van der Waals surface area contributed by atoms with Crippen LogP contribution in [-0.2, 0) is 19.3 Å². The van der Waals surface area contributed by atoms with Gasteiger partial charge < -0.3 is 9.29 Å². The second-order valence-corrected chi connectivity index (χ2v) is 4.35. The molecule has 0 aliphatic heterocycles. The maximum atomic E-state index is 10.7. The van der Waals surface area contributed by atoms with Crippen molar-refractivity contribution in [2.45, 2.75) is 6.92 Å². The molecule has 0 aromatic rings. The Bertz CT molecular complexity index is 276. The fourth-order valence-electron chi connectivity index (χ4n) is 0.388. The number of ether oxygens (including phenoxy) is 1. The van der Waals surface area contributed by atoms with E-state index in [1.165, 1.54) is 6.92 Å². The fourth-order valence-corrected chi connectivity index (χ4v) is 0.732. The largest absolute Gasteiger partial charge is 0.461 e. The van der Waals surface area contributed by atoms with E-state index in [4.69, 9.17) is 4.55 Å². The van der Waals surface area contributed by atoms with Gasteiger partial charge in [0.2, 0.25) is 0 Å². The molecule has 0 spiro atoms. The van der Waals surface area contributed by atoms with Crippen LogP contribution < -0.4 is 0 Å². The molecule has 1 unspecified atom stereocenters. The second kappa shape index (κ2) is 4.27. The highest BCUT2D eigenvalue weighted by atomic mass is 32.2. The van der Waals surface area contributed by atoms with Crippen LogP contribution in [0.15, 0.2) is 12.2 Å². The Morgan fingerprint density at radius 2 is 2.17 bits per heavy atom. The first-order chi connectivity index (χ1) is 5.33. The van der Waals surface area contributed by atoms with E-state index in [-0.39, 0.29) is 17.9 Å². The maximum Gasteiger partial charge on any atom is 0.333 e. The lowest BCUT2D eigenvalue weighted by molar-refractivity contribution is -0.138. The number of esters is 1. The van der Waals surface area contributed by atoms with Crippen LogP contribution in [-0.4, -0.2) is 33.0 Å². The number of hydrogen-bond acceptors (Lipinski definition) is 3. The summed E-state index contributed by atoms with van der Waals surface area (Å²) >= 11 is 0. The van der Waals surface area contributed by atoms with E-state index in [9.17, 15) is 9.00 Å². The molecular formula is C7H12O4S. The van der Waals surface area contributed by atoms with Crippen LogP contribution in [0.2, 0.25) is 0 Å². The van der Waals surface area contributed by atoms with Gasteiger partial charge in [-0.25, -0.2) is 9.00 Å². The third-order valence-corrected chi connectivity index (χ3v) is 1.79. The quantitative estimate of drug-likeness (QED) is 0.395. The lowest BCUT2D eigenvalue weighted by Gasteiger charge is -2.03. The van der Waals surface area contributed by atoms with Gasteiger partial charge in [0.1, 0.15) is 6.61 Å². The predicted molar refractivity (Wildman–Crippen MR) is 48.5 cm³/mol. The second-order valence-electron chi connectivity index (χ2n) is 2.39. The minimum atomic E-state index is -3.05. The summed E-state index contributed by atoms with van der Waals surface area (Å²) < 4.78 is 23.8. The first kappa shape index (κ1) is 11.2. The van der Waals surface area contributed by atoms with Crippen molar-refractivity contribution >= 4 is 21.6 Å². The van der Waals surface area contributed by atoms with Gasteiger partial charge in [-0.3, -0.25) is 0 Å². The summed E-state index contributed by atoms with van der Waals surface area (Å²) in [5.74, 6) is 2.28. The summed E-state index contributed by atoms with van der Waals surface area (Å²) in [6.07, 6.45) is 0. The van der Waals surface area contributed by atoms with Gasteiger partial charge in [0.15, 0.2) is 0 Å². The lowest BCUT2D eigenvalue weighted by atomic mass is 10.4. The van der Waals surface area contributed by atoms with Crippen molar-refractivity contribution in [3.8, 4) is 0 Å². The van der Waals surface area contributed by atoms with Crippen molar-refractivity contribution in [1.29, 1.82) is 0 Å². The Balaban J connectivity index is 3.73. The average molecular weight is 192 g/mol. The van der Waals surface area contributed by atoms with E-state index in [0.29, 0.717) is 0 Å². The van der Waals surface area contributed by atoms with Gasteiger partial charge in [-0.05, 0) is 12.8 Å². The minimum absolute atomic E-state index is 0.107. The van der Waals surface area contributed by atoms with E-state index in [1.54, 1.807) is 0 Å². The zero-order valence-corrected chi connectivity index (χ0v) is 7.73. The monoisotopic (exact) mass is 192 g/mol. The van der Waals surface area contributed by atoms with Crippen LogP contribution >= 0.6 is 0 Å². The molecule has 0 bridgehead atoms. The van der Waals surface area contributed by atoms with Gasteiger partial charge in [0, 0.05) is 5.57 Å². The first-order valence-corrected chi connectivity index (χ1v) is 5.08. The fraction of sp³-hybridized carbons (Fsp3) is 0.429. The van der Waals surface area contributed by atoms with Crippen LogP contribution in [0.5, 0.6) is 0 Å². The molecule has 0 heterocycles. The van der Waals surface area contributed by atoms with Crippen LogP contribution in [0, 0.1) is 0 Å². The van der Waals surface area contributed by atoms with Crippen molar-refractivity contribution in [2.75, 3.05) is 12.4 Å². The molecule has 4 nitrogen and oxygen atoms in total. The van der Waals surface area contributed by atoms with E-state index >= 15 is 0 Å². The van der Waals surface area contributed by atoms with Crippen molar-refractivity contribution in [1.82, 2.24) is 0 Å². The van der Waals surface area contributed by atoms with E-state index in [2.05, 4.69) is 17.2 Å². The molecule has 12 heavy (non-hydrogen) atoms.